The van der Waals surface area contributed by atoms with Crippen LogP contribution in [0.5, 0.6) is 11.5 Å². The first-order valence-corrected chi connectivity index (χ1v) is 13.7. The first kappa shape index (κ1) is 27.8. The minimum Gasteiger partial charge on any atom is -0.493 e. The van der Waals surface area contributed by atoms with Crippen LogP contribution in [0.3, 0.4) is 0 Å². The van der Waals surface area contributed by atoms with Gasteiger partial charge in [-0.15, -0.1) is 11.3 Å². The molecule has 10 heteroatoms. The third-order valence-corrected chi connectivity index (χ3v) is 6.93. The van der Waals surface area contributed by atoms with Gasteiger partial charge >= 0.3 is 0 Å². The normalized spacial score (nSPS) is 10.9. The lowest BCUT2D eigenvalue weighted by Crippen LogP contribution is -2.17. The number of thiazole rings is 1. The zero-order chi connectivity index (χ0) is 28.6. The highest BCUT2D eigenvalue weighted by Crippen LogP contribution is 2.29. The van der Waals surface area contributed by atoms with Crippen LogP contribution in [0.25, 0.3) is 11.3 Å². The second kappa shape index (κ2) is 13.1. The monoisotopic (exact) mass is 586 g/mol. The largest absolute Gasteiger partial charge is 0.493 e. The molecule has 0 aliphatic rings. The highest BCUT2D eigenvalue weighted by Gasteiger charge is 2.09. The average molecular weight is 587 g/mol. The summed E-state index contributed by atoms with van der Waals surface area (Å²) in [4.78, 5) is 17.2. The Morgan fingerprint density at radius 2 is 1.76 bits per heavy atom. The van der Waals surface area contributed by atoms with Gasteiger partial charge < -0.3 is 14.8 Å². The lowest BCUT2D eigenvalue weighted by atomic mass is 10.1. The smallest absolute Gasteiger partial charge is 0.271 e. The summed E-state index contributed by atoms with van der Waals surface area (Å²) in [5, 5.41) is 10.7. The van der Waals surface area contributed by atoms with Crippen molar-refractivity contribution in [3.8, 4) is 22.8 Å². The van der Waals surface area contributed by atoms with Gasteiger partial charge in [-0.3, -0.25) is 4.79 Å². The molecular weight excluding hydrogens is 563 g/mol. The third-order valence-electron chi connectivity index (χ3n) is 5.92. The minimum absolute atomic E-state index is 0.267. The Bertz CT molecular complexity index is 1660. The number of ether oxygens (including phenoxy) is 2. The zero-order valence-electron chi connectivity index (χ0n) is 21.8. The number of nitrogens with one attached hydrogen (secondary N) is 2. The van der Waals surface area contributed by atoms with Crippen molar-refractivity contribution in [2.75, 3.05) is 12.4 Å². The van der Waals surface area contributed by atoms with Crippen molar-refractivity contribution in [2.45, 2.75) is 6.61 Å². The quantitative estimate of drug-likeness (QED) is 0.129. The summed E-state index contributed by atoms with van der Waals surface area (Å²) in [5.41, 5.74) is 7.12. The first-order chi connectivity index (χ1) is 20.0. The Morgan fingerprint density at radius 1 is 1.00 bits per heavy atom. The number of hydrogen-bond donors (Lipinski definition) is 2. The van der Waals surface area contributed by atoms with Crippen molar-refractivity contribution >= 4 is 45.9 Å². The standard InChI is InChI=1S/C31H24ClFN4O3S/c1-39-29-16-21(4-15-28(29)40-18-20-2-11-25(33)12-3-20)17-34-37-30(38)23-7-5-22(6-8-23)27-19-41-31(36-27)35-26-13-9-24(32)10-14-26/h2-17,19H,18H2,1H3,(H,35,36)(H,37,38)/b34-17-. The topological polar surface area (TPSA) is 84.8 Å². The van der Waals surface area contributed by atoms with Gasteiger partial charge in [-0.25, -0.2) is 14.8 Å². The maximum atomic E-state index is 13.1. The number of anilines is 2. The molecular formula is C31H24ClFN4O3S. The average Bonchev–Trinajstić information content (AvgIpc) is 3.47. The summed E-state index contributed by atoms with van der Waals surface area (Å²) in [6, 6.07) is 25.9. The molecule has 0 aliphatic carbocycles. The maximum Gasteiger partial charge on any atom is 0.271 e. The number of hydrazone groups is 1. The Hall–Kier alpha value is -4.73. The van der Waals surface area contributed by atoms with Crippen LogP contribution in [0, 0.1) is 5.82 Å². The van der Waals surface area contributed by atoms with Gasteiger partial charge in [0.2, 0.25) is 0 Å². The third kappa shape index (κ3) is 7.47. The molecule has 1 amide bonds. The summed E-state index contributed by atoms with van der Waals surface area (Å²) in [7, 11) is 1.54. The summed E-state index contributed by atoms with van der Waals surface area (Å²) < 4.78 is 24.3. The van der Waals surface area contributed by atoms with Gasteiger partial charge in [-0.2, -0.15) is 5.10 Å². The van der Waals surface area contributed by atoms with E-state index in [-0.39, 0.29) is 18.3 Å². The molecule has 0 radical (unpaired) electrons. The van der Waals surface area contributed by atoms with Crippen LogP contribution in [-0.4, -0.2) is 24.2 Å². The molecule has 7 nitrogen and oxygen atoms in total. The van der Waals surface area contributed by atoms with Gasteiger partial charge in [-0.05, 0) is 77.9 Å². The van der Waals surface area contributed by atoms with E-state index in [1.807, 2.05) is 41.8 Å². The lowest BCUT2D eigenvalue weighted by Gasteiger charge is -2.11. The number of carbonyl (C=O) groups excluding carboxylic acids is 1. The summed E-state index contributed by atoms with van der Waals surface area (Å²) in [5.74, 6) is 0.396. The number of carbonyl (C=O) groups is 1. The van der Waals surface area contributed by atoms with Crippen LogP contribution in [0.2, 0.25) is 5.02 Å². The number of rotatable bonds is 10. The Labute approximate surface area is 245 Å². The second-order valence-electron chi connectivity index (χ2n) is 8.77. The summed E-state index contributed by atoms with van der Waals surface area (Å²) >= 11 is 7.43. The molecule has 0 unspecified atom stereocenters. The van der Waals surface area contributed by atoms with Crippen LogP contribution in [-0.2, 0) is 6.61 Å². The number of amides is 1. The zero-order valence-corrected chi connectivity index (χ0v) is 23.4. The van der Waals surface area contributed by atoms with Crippen molar-refractivity contribution in [3.05, 3.63) is 124 Å². The van der Waals surface area contributed by atoms with Crippen LogP contribution in [0.1, 0.15) is 21.5 Å². The molecule has 0 bridgehead atoms. The van der Waals surface area contributed by atoms with Crippen LogP contribution in [0.15, 0.2) is 101 Å². The number of hydrogen-bond acceptors (Lipinski definition) is 7. The van der Waals surface area contributed by atoms with Gasteiger partial charge in [0.05, 0.1) is 19.0 Å². The number of aromatic nitrogens is 1. The number of nitrogens with zero attached hydrogens (tertiary/aromatic N) is 2. The van der Waals surface area contributed by atoms with E-state index < -0.39 is 0 Å². The molecule has 1 heterocycles. The molecule has 41 heavy (non-hydrogen) atoms. The SMILES string of the molecule is COc1cc(/C=N\NC(=O)c2ccc(-c3csc(Nc4ccc(Cl)cc4)n3)cc2)ccc1OCc1ccc(F)cc1. The molecule has 5 aromatic rings. The number of halogens is 2. The molecule has 206 valence electrons. The molecule has 2 N–H and O–H groups in total. The molecule has 4 aromatic carbocycles. The Morgan fingerprint density at radius 3 is 2.49 bits per heavy atom. The summed E-state index contributed by atoms with van der Waals surface area (Å²) in [6.07, 6.45) is 1.52. The Kier molecular flexibility index (Phi) is 8.88. The van der Waals surface area contributed by atoms with Gasteiger partial charge in [-0.1, -0.05) is 35.9 Å². The fraction of sp³-hybridized carbons (Fsp3) is 0.0645. The van der Waals surface area contributed by atoms with Crippen molar-refractivity contribution in [2.24, 2.45) is 5.10 Å². The van der Waals surface area contributed by atoms with Gasteiger partial charge in [0, 0.05) is 27.2 Å². The molecule has 5 rings (SSSR count). The molecule has 0 spiro atoms. The molecule has 0 aliphatic heterocycles. The fourth-order valence-corrected chi connectivity index (χ4v) is 4.63. The van der Waals surface area contributed by atoms with Crippen molar-refractivity contribution in [1.29, 1.82) is 0 Å². The highest BCUT2D eigenvalue weighted by molar-refractivity contribution is 7.14. The number of benzene rings is 4. The van der Waals surface area contributed by atoms with Gasteiger partial charge in [0.1, 0.15) is 12.4 Å². The second-order valence-corrected chi connectivity index (χ2v) is 10.1. The fourth-order valence-electron chi connectivity index (χ4n) is 3.77. The Balaban J connectivity index is 1.15. The van der Waals surface area contributed by atoms with Crippen molar-refractivity contribution in [1.82, 2.24) is 10.4 Å². The lowest BCUT2D eigenvalue weighted by molar-refractivity contribution is 0.0955. The molecule has 0 saturated carbocycles. The highest BCUT2D eigenvalue weighted by atomic mass is 35.5. The van der Waals surface area contributed by atoms with E-state index in [2.05, 4.69) is 20.8 Å². The van der Waals surface area contributed by atoms with Crippen molar-refractivity contribution in [3.63, 3.8) is 0 Å². The van der Waals surface area contributed by atoms with E-state index in [1.54, 1.807) is 42.5 Å². The van der Waals surface area contributed by atoms with Crippen molar-refractivity contribution < 1.29 is 18.7 Å². The van der Waals surface area contributed by atoms with E-state index in [0.29, 0.717) is 27.6 Å². The van der Waals surface area contributed by atoms with Gasteiger partial charge in [0.15, 0.2) is 16.6 Å². The molecule has 0 atom stereocenters. The predicted octanol–water partition coefficient (Wildman–Crippen LogP) is 7.70. The van der Waals surface area contributed by atoms with Crippen LogP contribution >= 0.6 is 22.9 Å². The van der Waals surface area contributed by atoms with Crippen LogP contribution < -0.4 is 20.2 Å². The first-order valence-electron chi connectivity index (χ1n) is 12.4. The van der Waals surface area contributed by atoms with E-state index >= 15 is 0 Å². The van der Waals surface area contributed by atoms with E-state index in [0.717, 1.165) is 27.6 Å². The number of methoxy groups -OCH3 is 1. The minimum atomic E-state index is -0.345. The summed E-state index contributed by atoms with van der Waals surface area (Å²) in [6.45, 7) is 0.267. The molecule has 0 saturated heterocycles. The van der Waals surface area contributed by atoms with E-state index in [4.69, 9.17) is 21.1 Å². The maximum absolute atomic E-state index is 13.1. The van der Waals surface area contributed by atoms with Crippen LogP contribution in [0.4, 0.5) is 15.2 Å². The molecule has 0 fully saturated rings. The van der Waals surface area contributed by atoms with Gasteiger partial charge in [0.25, 0.3) is 5.91 Å². The van der Waals surface area contributed by atoms with E-state index in [9.17, 15) is 9.18 Å². The predicted molar refractivity (Wildman–Crippen MR) is 161 cm³/mol. The van der Waals surface area contributed by atoms with E-state index in [1.165, 1.54) is 36.8 Å². The molecule has 1 aromatic heterocycles.